The first-order valence-electron chi connectivity index (χ1n) is 16.1. The van der Waals surface area contributed by atoms with Crippen LogP contribution in [0.15, 0.2) is 25.0 Å². The molecule has 2 aromatic heterocycles. The smallest absolute Gasteiger partial charge is 0.548 e. The second-order valence-corrected chi connectivity index (χ2v) is 11.3. The first kappa shape index (κ1) is 46.6. The molecule has 0 saturated carbocycles. The molecule has 0 aromatic carbocycles. The number of aromatic amines is 2. The molecule has 2 aromatic rings. The molecule has 4 amide bonds. The van der Waals surface area contributed by atoms with Gasteiger partial charge in [-0.15, -0.1) is 0 Å². The fourth-order valence-electron chi connectivity index (χ4n) is 4.84. The van der Waals surface area contributed by atoms with Crippen LogP contribution in [0.1, 0.15) is 49.9 Å². The molecule has 0 aliphatic carbocycles. The Labute approximate surface area is 306 Å². The largest absolute Gasteiger partial charge is 2.00 e. The van der Waals surface area contributed by atoms with Crippen molar-refractivity contribution in [2.75, 3.05) is 40.3 Å². The Hall–Kier alpha value is -4.40. The summed E-state index contributed by atoms with van der Waals surface area (Å²) in [4.78, 5) is 87.0. The number of amides is 4. The standard InChI is InChI=1S/2C15H26N6O4.Cu/c2*1-21(12(15(24)25)4-2-3-5-16)14(23)11(20-13(22)7-17)6-10-8-18-9-19-10;/h2*8-9,11-12H,2-7,16-17H2,1H3,(H,18,19)(H,20,22)(H,24,25);/q;;+2/p-2/t2*11-,12-;/m00./s1. The molecule has 51 heavy (non-hydrogen) atoms. The van der Waals surface area contributed by atoms with E-state index in [-0.39, 0.29) is 55.8 Å². The number of nitrogens with two attached hydrogens (primary N) is 4. The maximum Gasteiger partial charge on any atom is 2.00 e. The van der Waals surface area contributed by atoms with Gasteiger partial charge in [-0.05, 0) is 51.6 Å². The number of aromatic nitrogens is 4. The Balaban J connectivity index is 0.000000962. The number of nitrogens with one attached hydrogen (secondary N) is 4. The van der Waals surface area contributed by atoms with Gasteiger partial charge in [-0.25, -0.2) is 9.97 Å². The van der Waals surface area contributed by atoms with E-state index in [9.17, 15) is 39.0 Å². The second kappa shape index (κ2) is 25.5. The minimum atomic E-state index is -1.35. The topological polar surface area (TPSA) is 341 Å². The number of likely N-dealkylation sites (N-methyl/N-ethyl adjacent to an activating group) is 2. The Kier molecular flexibility index (Phi) is 23.3. The van der Waals surface area contributed by atoms with Crippen molar-refractivity contribution in [3.63, 3.8) is 0 Å². The maximum absolute atomic E-state index is 12.7. The summed E-state index contributed by atoms with van der Waals surface area (Å²) in [6.07, 6.45) is 9.05. The van der Waals surface area contributed by atoms with Crippen LogP contribution in [0, 0.1) is 0 Å². The van der Waals surface area contributed by atoms with E-state index >= 15 is 0 Å². The van der Waals surface area contributed by atoms with Gasteiger partial charge < -0.3 is 73.1 Å². The van der Waals surface area contributed by atoms with Gasteiger partial charge in [-0.1, -0.05) is 0 Å². The van der Waals surface area contributed by atoms with E-state index < -0.39 is 59.7 Å². The third kappa shape index (κ3) is 16.9. The number of H-pyrrole nitrogens is 2. The zero-order chi connectivity index (χ0) is 37.6. The Morgan fingerprint density at radius 2 is 1.04 bits per heavy atom. The average Bonchev–Trinajstić information content (AvgIpc) is 3.81. The van der Waals surface area contributed by atoms with Crippen molar-refractivity contribution in [2.45, 2.75) is 75.5 Å². The summed E-state index contributed by atoms with van der Waals surface area (Å²) in [5.41, 5.74) is 22.6. The van der Waals surface area contributed by atoms with Crippen molar-refractivity contribution in [3.05, 3.63) is 36.4 Å². The molecule has 289 valence electrons. The van der Waals surface area contributed by atoms with E-state index in [0.29, 0.717) is 50.2 Å². The van der Waals surface area contributed by atoms with Gasteiger partial charge in [0.2, 0.25) is 23.6 Å². The van der Waals surface area contributed by atoms with Gasteiger partial charge in [-0.2, -0.15) is 0 Å². The molecule has 0 bridgehead atoms. The summed E-state index contributed by atoms with van der Waals surface area (Å²) in [7, 11) is 2.75. The molecule has 21 heteroatoms. The minimum Gasteiger partial charge on any atom is -0.548 e. The minimum absolute atomic E-state index is 0. The van der Waals surface area contributed by atoms with Gasteiger partial charge in [0.25, 0.3) is 0 Å². The molecule has 2 heterocycles. The van der Waals surface area contributed by atoms with Crippen LogP contribution in [-0.2, 0) is 58.7 Å². The summed E-state index contributed by atoms with van der Waals surface area (Å²) in [5.74, 6) is -4.81. The first-order chi connectivity index (χ1) is 23.8. The number of carbonyl (C=O) groups is 6. The predicted octanol–water partition coefficient (Wildman–Crippen LogP) is -5.80. The second-order valence-electron chi connectivity index (χ2n) is 11.3. The number of imidazole rings is 2. The number of carboxylic acid groups (broad SMARTS) is 2. The number of carbonyl (C=O) groups excluding carboxylic acids is 6. The van der Waals surface area contributed by atoms with Crippen LogP contribution in [0.2, 0.25) is 0 Å². The predicted molar refractivity (Wildman–Crippen MR) is 175 cm³/mol. The fraction of sp³-hybridized carbons (Fsp3) is 0.600. The van der Waals surface area contributed by atoms with Crippen LogP contribution >= 0.6 is 0 Å². The molecule has 0 aliphatic rings. The van der Waals surface area contributed by atoms with Gasteiger partial charge in [0.15, 0.2) is 0 Å². The number of nitrogens with zero attached hydrogens (tertiary/aromatic N) is 4. The number of carboxylic acids is 2. The number of unbranched alkanes of at least 4 members (excludes halogenated alkanes) is 2. The summed E-state index contributed by atoms with van der Waals surface area (Å²) in [6, 6.07) is -4.12. The van der Waals surface area contributed by atoms with Crippen LogP contribution in [0.4, 0.5) is 0 Å². The van der Waals surface area contributed by atoms with Gasteiger partial charge in [0, 0.05) is 50.7 Å². The van der Waals surface area contributed by atoms with E-state index in [2.05, 4.69) is 30.6 Å². The van der Waals surface area contributed by atoms with E-state index in [0.717, 1.165) is 9.80 Å². The number of hydrogen-bond acceptors (Lipinski definition) is 14. The number of rotatable bonds is 22. The molecule has 4 atom stereocenters. The van der Waals surface area contributed by atoms with Gasteiger partial charge in [0.05, 0.1) is 49.8 Å². The average molecular weight is 770 g/mol. The van der Waals surface area contributed by atoms with Gasteiger partial charge in [0.1, 0.15) is 12.1 Å². The molecule has 1 radical (unpaired) electrons. The van der Waals surface area contributed by atoms with Crippen LogP contribution in [0.25, 0.3) is 0 Å². The van der Waals surface area contributed by atoms with E-state index in [1.807, 2.05) is 0 Å². The fourth-order valence-corrected chi connectivity index (χ4v) is 4.84. The van der Waals surface area contributed by atoms with E-state index in [1.54, 1.807) is 0 Å². The van der Waals surface area contributed by atoms with Crippen molar-refractivity contribution in [1.29, 1.82) is 0 Å². The molecule has 2 rings (SSSR count). The quantitative estimate of drug-likeness (QED) is 0.0409. The SMILES string of the molecule is CN(C(=O)[C@H](Cc1cnc[nH]1)NC(=O)CN)[C@@H](CCCCN)C(=O)[O-].CN(C(=O)[C@H](Cc1cnc[nH]1)NC(=O)CN)[C@@H](CCCCN)C(=O)[O-].[Cu+2]. The molecule has 12 N–H and O–H groups in total. The zero-order valence-corrected chi connectivity index (χ0v) is 29.7. The Morgan fingerprint density at radius 3 is 1.29 bits per heavy atom. The normalized spacial score (nSPS) is 12.8. The summed E-state index contributed by atoms with van der Waals surface area (Å²) >= 11 is 0. The monoisotopic (exact) mass is 769 g/mol. The Morgan fingerprint density at radius 1 is 0.686 bits per heavy atom. The van der Waals surface area contributed by atoms with Crippen LogP contribution in [0.3, 0.4) is 0 Å². The van der Waals surface area contributed by atoms with Crippen LogP contribution in [0.5, 0.6) is 0 Å². The molecule has 0 fully saturated rings. The molecular weight excluding hydrogens is 720 g/mol. The van der Waals surface area contributed by atoms with Crippen molar-refractivity contribution in [2.24, 2.45) is 22.9 Å². The maximum atomic E-state index is 12.7. The molecule has 20 nitrogen and oxygen atoms in total. The third-order valence-corrected chi connectivity index (χ3v) is 7.63. The molecule has 0 unspecified atom stereocenters. The van der Waals surface area contributed by atoms with Crippen molar-refractivity contribution in [1.82, 2.24) is 40.4 Å². The summed E-state index contributed by atoms with van der Waals surface area (Å²) < 4.78 is 0. The summed E-state index contributed by atoms with van der Waals surface area (Å²) in [5, 5.41) is 27.8. The molecule has 0 saturated heterocycles. The molecule has 0 aliphatic heterocycles. The van der Waals surface area contributed by atoms with Crippen LogP contribution in [-0.4, -0.2) is 130 Å². The first-order valence-corrected chi connectivity index (χ1v) is 16.1. The van der Waals surface area contributed by atoms with Gasteiger partial charge in [-0.3, -0.25) is 19.2 Å². The van der Waals surface area contributed by atoms with Gasteiger partial charge >= 0.3 is 17.1 Å². The van der Waals surface area contributed by atoms with E-state index in [1.165, 1.54) is 39.1 Å². The Bertz CT molecular complexity index is 1230. The van der Waals surface area contributed by atoms with E-state index in [4.69, 9.17) is 22.9 Å². The third-order valence-electron chi connectivity index (χ3n) is 7.63. The van der Waals surface area contributed by atoms with Crippen LogP contribution < -0.4 is 43.8 Å². The van der Waals surface area contributed by atoms with Crippen molar-refractivity contribution < 1.29 is 56.0 Å². The van der Waals surface area contributed by atoms with Crippen molar-refractivity contribution >= 4 is 35.6 Å². The zero-order valence-electron chi connectivity index (χ0n) is 28.8. The van der Waals surface area contributed by atoms with Crippen molar-refractivity contribution in [3.8, 4) is 0 Å². The summed E-state index contributed by atoms with van der Waals surface area (Å²) in [6.45, 7) is 0.312. The number of hydrogen-bond donors (Lipinski definition) is 8. The molecular formula is C30H50CuN12O8. The molecule has 0 spiro atoms. The number of aliphatic carboxylic acids is 2.